The molecule has 7 nitrogen and oxygen atoms in total. The Morgan fingerprint density at radius 1 is 1.42 bits per heavy atom. The zero-order valence-corrected chi connectivity index (χ0v) is 13.3. The Morgan fingerprint density at radius 3 is 2.88 bits per heavy atom. The molecule has 1 aromatic heterocycles. The van der Waals surface area contributed by atoms with Gasteiger partial charge in [-0.15, -0.1) is 0 Å². The maximum atomic E-state index is 13.0. The number of pyridine rings is 1. The first kappa shape index (κ1) is 15.9. The third-order valence-electron chi connectivity index (χ3n) is 4.32. The van der Waals surface area contributed by atoms with E-state index in [1.807, 2.05) is 12.1 Å². The molecular weight excluding hydrogens is 308 g/mol. The number of nitro benzene ring substituents is 1. The average molecular weight is 326 g/mol. The van der Waals surface area contributed by atoms with Gasteiger partial charge >= 0.3 is 0 Å². The standard InChI is InChI=1S/C17H18N4O3/c1-11-7-16(12-3-2-6-19-9-12)20(10-11)17(22)14-8-13(21(23)24)4-5-15(14)18/h2-6,8-9,11,16H,7,10,18H2,1H3/t11-,16-/m1/s1. The van der Waals surface area contributed by atoms with Gasteiger partial charge in [0.15, 0.2) is 0 Å². The minimum atomic E-state index is -0.526. The number of carbonyl (C=O) groups excluding carboxylic acids is 1. The van der Waals surface area contributed by atoms with Gasteiger partial charge in [-0.2, -0.15) is 0 Å². The number of anilines is 1. The molecule has 3 rings (SSSR count). The molecule has 2 atom stereocenters. The summed E-state index contributed by atoms with van der Waals surface area (Å²) < 4.78 is 0. The Morgan fingerprint density at radius 2 is 2.21 bits per heavy atom. The van der Waals surface area contributed by atoms with E-state index in [4.69, 9.17) is 5.73 Å². The van der Waals surface area contributed by atoms with Crippen LogP contribution in [-0.2, 0) is 0 Å². The first-order chi connectivity index (χ1) is 11.5. The number of aromatic nitrogens is 1. The van der Waals surface area contributed by atoms with Crippen LogP contribution in [0.2, 0.25) is 0 Å². The van der Waals surface area contributed by atoms with Crippen LogP contribution in [0.5, 0.6) is 0 Å². The van der Waals surface area contributed by atoms with E-state index >= 15 is 0 Å². The third-order valence-corrected chi connectivity index (χ3v) is 4.32. The summed E-state index contributed by atoms with van der Waals surface area (Å²) in [6.07, 6.45) is 4.26. The lowest BCUT2D eigenvalue weighted by atomic mass is 10.0. The van der Waals surface area contributed by atoms with Crippen LogP contribution in [-0.4, -0.2) is 27.3 Å². The molecule has 2 heterocycles. The van der Waals surface area contributed by atoms with E-state index in [0.29, 0.717) is 12.5 Å². The number of benzene rings is 1. The monoisotopic (exact) mass is 326 g/mol. The first-order valence-electron chi connectivity index (χ1n) is 7.72. The lowest BCUT2D eigenvalue weighted by Gasteiger charge is -2.25. The minimum Gasteiger partial charge on any atom is -0.398 e. The van der Waals surface area contributed by atoms with E-state index in [0.717, 1.165) is 12.0 Å². The molecule has 0 unspecified atom stereocenters. The van der Waals surface area contributed by atoms with Gasteiger partial charge in [0, 0.05) is 36.8 Å². The molecule has 0 spiro atoms. The second-order valence-electron chi connectivity index (χ2n) is 6.13. The van der Waals surface area contributed by atoms with Crippen molar-refractivity contribution in [1.82, 2.24) is 9.88 Å². The van der Waals surface area contributed by atoms with Crippen LogP contribution in [0, 0.1) is 16.0 Å². The topological polar surface area (TPSA) is 102 Å². The molecule has 1 fully saturated rings. The Hall–Kier alpha value is -2.96. The number of nitro groups is 1. The van der Waals surface area contributed by atoms with Crippen molar-refractivity contribution in [3.63, 3.8) is 0 Å². The lowest BCUT2D eigenvalue weighted by molar-refractivity contribution is -0.384. The summed E-state index contributed by atoms with van der Waals surface area (Å²) in [6.45, 7) is 2.66. The van der Waals surface area contributed by atoms with Gasteiger partial charge in [-0.05, 0) is 30.0 Å². The molecular formula is C17H18N4O3. The molecule has 24 heavy (non-hydrogen) atoms. The fourth-order valence-electron chi connectivity index (χ4n) is 3.16. The highest BCUT2D eigenvalue weighted by atomic mass is 16.6. The van der Waals surface area contributed by atoms with Crippen LogP contribution >= 0.6 is 0 Å². The summed E-state index contributed by atoms with van der Waals surface area (Å²) >= 11 is 0. The quantitative estimate of drug-likeness (QED) is 0.531. The molecule has 2 N–H and O–H groups in total. The Labute approximate surface area is 139 Å². The summed E-state index contributed by atoms with van der Waals surface area (Å²) in [6, 6.07) is 7.64. The number of likely N-dealkylation sites (tertiary alicyclic amines) is 1. The van der Waals surface area contributed by atoms with Crippen molar-refractivity contribution in [1.29, 1.82) is 0 Å². The van der Waals surface area contributed by atoms with Crippen LogP contribution in [0.3, 0.4) is 0 Å². The van der Waals surface area contributed by atoms with Crippen molar-refractivity contribution in [3.05, 3.63) is 64.0 Å². The van der Waals surface area contributed by atoms with Gasteiger partial charge in [-0.1, -0.05) is 13.0 Å². The van der Waals surface area contributed by atoms with Crippen molar-refractivity contribution >= 4 is 17.3 Å². The van der Waals surface area contributed by atoms with Crippen molar-refractivity contribution < 1.29 is 9.72 Å². The van der Waals surface area contributed by atoms with Crippen LogP contribution in [0.1, 0.15) is 35.3 Å². The molecule has 0 bridgehead atoms. The van der Waals surface area contributed by atoms with Gasteiger partial charge in [-0.25, -0.2) is 0 Å². The number of rotatable bonds is 3. The number of nitrogens with zero attached hydrogens (tertiary/aromatic N) is 3. The highest BCUT2D eigenvalue weighted by molar-refractivity contribution is 6.00. The Balaban J connectivity index is 1.96. The summed E-state index contributed by atoms with van der Waals surface area (Å²) in [5, 5.41) is 11.0. The molecule has 1 aromatic carbocycles. The molecule has 124 valence electrons. The minimum absolute atomic E-state index is 0.0973. The maximum absolute atomic E-state index is 13.0. The predicted octanol–water partition coefficient (Wildman–Crippen LogP) is 2.80. The molecule has 0 saturated carbocycles. The van der Waals surface area contributed by atoms with Crippen molar-refractivity contribution in [3.8, 4) is 0 Å². The Bertz CT molecular complexity index is 779. The largest absolute Gasteiger partial charge is 0.398 e. The molecule has 7 heteroatoms. The fourth-order valence-corrected chi connectivity index (χ4v) is 3.16. The van der Waals surface area contributed by atoms with E-state index in [9.17, 15) is 14.9 Å². The number of non-ortho nitro benzene ring substituents is 1. The summed E-state index contributed by atoms with van der Waals surface area (Å²) in [4.78, 5) is 29.3. The van der Waals surface area contributed by atoms with Crippen LogP contribution in [0.25, 0.3) is 0 Å². The zero-order valence-electron chi connectivity index (χ0n) is 13.3. The zero-order chi connectivity index (χ0) is 17.3. The smallest absolute Gasteiger partial charge is 0.270 e. The number of hydrogen-bond donors (Lipinski definition) is 1. The maximum Gasteiger partial charge on any atom is 0.270 e. The lowest BCUT2D eigenvalue weighted by Crippen LogP contribution is -2.31. The highest BCUT2D eigenvalue weighted by Crippen LogP contribution is 2.36. The van der Waals surface area contributed by atoms with Crippen LogP contribution < -0.4 is 5.73 Å². The van der Waals surface area contributed by atoms with E-state index in [-0.39, 0.29) is 28.9 Å². The predicted molar refractivity (Wildman–Crippen MR) is 89.3 cm³/mol. The molecule has 0 radical (unpaired) electrons. The summed E-state index contributed by atoms with van der Waals surface area (Å²) in [5.41, 5.74) is 7.13. The van der Waals surface area contributed by atoms with Crippen LogP contribution in [0.4, 0.5) is 11.4 Å². The van der Waals surface area contributed by atoms with Crippen molar-refractivity contribution in [2.75, 3.05) is 12.3 Å². The van der Waals surface area contributed by atoms with Gasteiger partial charge in [0.1, 0.15) is 0 Å². The van der Waals surface area contributed by atoms with Crippen molar-refractivity contribution in [2.24, 2.45) is 5.92 Å². The molecule has 2 aromatic rings. The number of amides is 1. The molecule has 1 aliphatic rings. The summed E-state index contributed by atoms with van der Waals surface area (Å²) in [7, 11) is 0. The molecule has 1 aliphatic heterocycles. The van der Waals surface area contributed by atoms with E-state index in [1.54, 1.807) is 17.3 Å². The average Bonchev–Trinajstić information content (AvgIpc) is 2.97. The number of hydrogen-bond acceptors (Lipinski definition) is 5. The van der Waals surface area contributed by atoms with E-state index < -0.39 is 4.92 Å². The number of carbonyl (C=O) groups is 1. The summed E-state index contributed by atoms with van der Waals surface area (Å²) in [5.74, 6) is 0.0495. The second kappa shape index (κ2) is 6.27. The normalized spacial score (nSPS) is 20.1. The molecule has 1 saturated heterocycles. The second-order valence-corrected chi connectivity index (χ2v) is 6.13. The van der Waals surface area contributed by atoms with Gasteiger partial charge < -0.3 is 10.6 Å². The van der Waals surface area contributed by atoms with Crippen molar-refractivity contribution in [2.45, 2.75) is 19.4 Å². The Kier molecular flexibility index (Phi) is 4.16. The number of nitrogens with two attached hydrogens (primary N) is 1. The van der Waals surface area contributed by atoms with Gasteiger partial charge in [0.25, 0.3) is 11.6 Å². The van der Waals surface area contributed by atoms with Gasteiger partial charge in [0.2, 0.25) is 0 Å². The van der Waals surface area contributed by atoms with E-state index in [1.165, 1.54) is 18.2 Å². The van der Waals surface area contributed by atoms with Gasteiger partial charge in [-0.3, -0.25) is 19.9 Å². The number of nitrogen functional groups attached to an aromatic ring is 1. The first-order valence-corrected chi connectivity index (χ1v) is 7.72. The van der Waals surface area contributed by atoms with Gasteiger partial charge in [0.05, 0.1) is 16.5 Å². The fraction of sp³-hybridized carbons (Fsp3) is 0.294. The molecule has 0 aliphatic carbocycles. The molecule has 1 amide bonds. The van der Waals surface area contributed by atoms with E-state index in [2.05, 4.69) is 11.9 Å². The van der Waals surface area contributed by atoms with Crippen LogP contribution in [0.15, 0.2) is 42.7 Å². The highest BCUT2D eigenvalue weighted by Gasteiger charge is 2.35. The third kappa shape index (κ3) is 2.92. The SMILES string of the molecule is C[C@@H]1C[C@H](c2cccnc2)N(C(=O)c2cc([N+](=O)[O-])ccc2N)C1.